The molecule has 1 aromatic rings. The summed E-state index contributed by atoms with van der Waals surface area (Å²) in [5.74, 6) is 0.139. The van der Waals surface area contributed by atoms with E-state index in [0.29, 0.717) is 24.3 Å². The zero-order valence-electron chi connectivity index (χ0n) is 20.4. The molecule has 0 radical (unpaired) electrons. The molecule has 0 amide bonds. The maximum absolute atomic E-state index is 13.1. The van der Waals surface area contributed by atoms with Crippen LogP contribution in [0, 0.1) is 6.92 Å². The number of unbranched alkanes of at least 4 members (excludes halogenated alkanes) is 3. The van der Waals surface area contributed by atoms with E-state index in [1.807, 2.05) is 50.5 Å². The Hall–Kier alpha value is -3.23. The average molecular weight is 468 g/mol. The van der Waals surface area contributed by atoms with Gasteiger partial charge in [-0.25, -0.2) is 9.78 Å². The number of hydrogen-bond acceptors (Lipinski definition) is 7. The second-order valence-corrected chi connectivity index (χ2v) is 10.1. The van der Waals surface area contributed by atoms with Crippen molar-refractivity contribution in [2.24, 2.45) is 0 Å². The molecular formula is C25H33N5O4. The molecule has 2 aliphatic heterocycles. The highest BCUT2D eigenvalue weighted by Crippen LogP contribution is 2.23. The lowest BCUT2D eigenvalue weighted by Crippen LogP contribution is -2.44. The standard InChI is InChI=1S/C25H33N5O4/c1-16-10-13-19-18(15-16)26-21-22(27-24(33)30(23(21)32)28-17-11-12-17)29(19)14-8-6-5-7-9-20(31)34-25(2,3)4/h10,13,15,17,28H,5-9,11-12,14H2,1-4H3. The van der Waals surface area contributed by atoms with E-state index in [1.165, 1.54) is 0 Å². The number of hydrogen-bond donors (Lipinski definition) is 1. The predicted molar refractivity (Wildman–Crippen MR) is 131 cm³/mol. The van der Waals surface area contributed by atoms with E-state index in [-0.39, 0.29) is 17.7 Å². The van der Waals surface area contributed by atoms with Gasteiger partial charge in [0.1, 0.15) is 5.60 Å². The van der Waals surface area contributed by atoms with Gasteiger partial charge in [-0.05, 0) is 71.1 Å². The molecule has 1 N–H and O–H groups in total. The van der Waals surface area contributed by atoms with Crippen molar-refractivity contribution >= 4 is 17.0 Å². The van der Waals surface area contributed by atoms with Crippen LogP contribution in [-0.2, 0) is 16.1 Å². The molecule has 1 aliphatic carbocycles. The van der Waals surface area contributed by atoms with Crippen molar-refractivity contribution in [1.29, 1.82) is 0 Å². The van der Waals surface area contributed by atoms with Crippen LogP contribution in [0.5, 0.6) is 0 Å². The van der Waals surface area contributed by atoms with Gasteiger partial charge in [0.25, 0.3) is 0 Å². The number of carbonyl (C=O) groups is 1. The van der Waals surface area contributed by atoms with Crippen molar-refractivity contribution in [3.63, 3.8) is 0 Å². The van der Waals surface area contributed by atoms with Gasteiger partial charge in [0.05, 0.1) is 11.0 Å². The summed E-state index contributed by atoms with van der Waals surface area (Å²) in [5.41, 5.74) is 4.19. The maximum atomic E-state index is 13.1. The minimum Gasteiger partial charge on any atom is -0.460 e. The van der Waals surface area contributed by atoms with E-state index in [0.717, 1.165) is 54.3 Å². The van der Waals surface area contributed by atoms with Crippen molar-refractivity contribution in [2.75, 3.05) is 5.43 Å². The number of aryl methyl sites for hydroxylation is 2. The topological polar surface area (TPSA) is 108 Å². The van der Waals surface area contributed by atoms with Crippen molar-refractivity contribution in [3.8, 4) is 11.5 Å². The number of nitrogens with zero attached hydrogens (tertiary/aromatic N) is 4. The molecule has 0 saturated heterocycles. The van der Waals surface area contributed by atoms with E-state index in [2.05, 4.69) is 15.4 Å². The maximum Gasteiger partial charge on any atom is 0.371 e. The number of benzene rings is 1. The van der Waals surface area contributed by atoms with Gasteiger partial charge in [0.15, 0.2) is 11.5 Å². The number of aromatic nitrogens is 4. The largest absolute Gasteiger partial charge is 0.460 e. The van der Waals surface area contributed by atoms with Crippen molar-refractivity contribution in [1.82, 2.24) is 19.2 Å². The third kappa shape index (κ3) is 5.63. The lowest BCUT2D eigenvalue weighted by atomic mass is 10.1. The number of esters is 1. The first-order valence-corrected chi connectivity index (χ1v) is 12.0. The van der Waals surface area contributed by atoms with E-state index >= 15 is 0 Å². The Balaban J connectivity index is 1.53. The highest BCUT2D eigenvalue weighted by atomic mass is 16.6. The number of rotatable bonds is 9. The predicted octanol–water partition coefficient (Wildman–Crippen LogP) is 3.36. The molecule has 1 saturated carbocycles. The molecule has 9 heteroatoms. The summed E-state index contributed by atoms with van der Waals surface area (Å²) in [6, 6.07) is 6.02. The first-order valence-electron chi connectivity index (χ1n) is 12.0. The Morgan fingerprint density at radius 3 is 2.56 bits per heavy atom. The Morgan fingerprint density at radius 2 is 1.85 bits per heavy atom. The van der Waals surface area contributed by atoms with Gasteiger partial charge in [-0.1, -0.05) is 18.9 Å². The zero-order chi connectivity index (χ0) is 24.5. The molecule has 2 heterocycles. The molecule has 0 aromatic heterocycles. The summed E-state index contributed by atoms with van der Waals surface area (Å²) in [7, 11) is 0. The van der Waals surface area contributed by atoms with Crippen LogP contribution in [-0.4, -0.2) is 36.8 Å². The fraction of sp³-hybridized carbons (Fsp3) is 0.560. The summed E-state index contributed by atoms with van der Waals surface area (Å²) in [4.78, 5) is 46.5. The molecule has 4 rings (SSSR count). The molecule has 0 bridgehead atoms. The quantitative estimate of drug-likeness (QED) is 0.292. The van der Waals surface area contributed by atoms with Crippen LogP contribution >= 0.6 is 0 Å². The molecule has 9 nitrogen and oxygen atoms in total. The molecule has 3 aliphatic rings. The summed E-state index contributed by atoms with van der Waals surface area (Å²) >= 11 is 0. The highest BCUT2D eigenvalue weighted by Gasteiger charge is 2.26. The number of nitrogens with one attached hydrogen (secondary N) is 1. The van der Waals surface area contributed by atoms with Crippen LogP contribution in [0.3, 0.4) is 0 Å². The molecule has 0 unspecified atom stereocenters. The van der Waals surface area contributed by atoms with Gasteiger partial charge in [0, 0.05) is 19.0 Å². The minimum absolute atomic E-state index is 0.139. The average Bonchev–Trinajstić information content (AvgIpc) is 3.56. The molecule has 34 heavy (non-hydrogen) atoms. The Morgan fingerprint density at radius 1 is 1.12 bits per heavy atom. The normalized spacial score (nSPS) is 14.0. The highest BCUT2D eigenvalue weighted by molar-refractivity contribution is 5.80. The molecule has 1 fully saturated rings. The van der Waals surface area contributed by atoms with Gasteiger partial charge in [-0.3, -0.25) is 9.59 Å². The van der Waals surface area contributed by atoms with E-state index in [4.69, 9.17) is 4.74 Å². The molecule has 0 atom stereocenters. The van der Waals surface area contributed by atoms with Gasteiger partial charge >= 0.3 is 17.2 Å². The van der Waals surface area contributed by atoms with Gasteiger partial charge < -0.3 is 14.7 Å². The van der Waals surface area contributed by atoms with Gasteiger partial charge in [-0.15, -0.1) is 0 Å². The molecule has 1 aromatic carbocycles. The first kappa shape index (κ1) is 23.9. The van der Waals surface area contributed by atoms with Crippen LogP contribution in [0.4, 0.5) is 0 Å². The Kier molecular flexibility index (Phi) is 6.72. The Labute approximate surface area is 198 Å². The van der Waals surface area contributed by atoms with E-state index in [9.17, 15) is 14.4 Å². The summed E-state index contributed by atoms with van der Waals surface area (Å²) in [6.07, 6.45) is 5.64. The van der Waals surface area contributed by atoms with Crippen LogP contribution in [0.15, 0.2) is 27.8 Å². The van der Waals surface area contributed by atoms with Crippen LogP contribution in [0.2, 0.25) is 0 Å². The van der Waals surface area contributed by atoms with Crippen LogP contribution in [0.1, 0.15) is 71.3 Å². The molecule has 182 valence electrons. The summed E-state index contributed by atoms with van der Waals surface area (Å²) < 4.78 is 8.28. The zero-order valence-corrected chi connectivity index (χ0v) is 20.4. The van der Waals surface area contributed by atoms with Gasteiger partial charge in [0.2, 0.25) is 0 Å². The second kappa shape index (κ2) is 9.56. The summed E-state index contributed by atoms with van der Waals surface area (Å²) in [6.45, 7) is 8.17. The van der Waals surface area contributed by atoms with Gasteiger partial charge in [-0.2, -0.15) is 9.66 Å². The number of fused-ring (bicyclic) bond motifs is 2. The first-order chi connectivity index (χ1) is 16.1. The lowest BCUT2D eigenvalue weighted by molar-refractivity contribution is -0.154. The van der Waals surface area contributed by atoms with Crippen LogP contribution < -0.4 is 16.7 Å². The SMILES string of the molecule is Cc1ccc2c(c1)nc1c(=O)n(NC3CC3)c(=O)nc-1n2CCCCCCC(=O)OC(C)(C)C. The van der Waals surface area contributed by atoms with E-state index in [1.54, 1.807) is 0 Å². The van der Waals surface area contributed by atoms with Crippen LogP contribution in [0.25, 0.3) is 22.6 Å². The van der Waals surface area contributed by atoms with Crippen molar-refractivity contribution in [3.05, 3.63) is 44.6 Å². The van der Waals surface area contributed by atoms with Crippen molar-refractivity contribution in [2.45, 2.75) is 90.8 Å². The van der Waals surface area contributed by atoms with Crippen molar-refractivity contribution < 1.29 is 9.53 Å². The third-order valence-electron chi connectivity index (χ3n) is 5.74. The summed E-state index contributed by atoms with van der Waals surface area (Å²) in [5, 5.41) is 0. The second-order valence-electron chi connectivity index (χ2n) is 10.1. The third-order valence-corrected chi connectivity index (χ3v) is 5.74. The monoisotopic (exact) mass is 467 g/mol. The number of carbonyl (C=O) groups excluding carboxylic acids is 1. The lowest BCUT2D eigenvalue weighted by Gasteiger charge is -2.19. The minimum atomic E-state index is -0.608. The number of ether oxygens (including phenoxy) is 1. The molecular weight excluding hydrogens is 434 g/mol. The van der Waals surface area contributed by atoms with E-state index < -0.39 is 16.9 Å². The molecule has 0 spiro atoms. The fourth-order valence-electron chi connectivity index (χ4n) is 3.97. The smallest absolute Gasteiger partial charge is 0.371 e. The fourth-order valence-corrected chi connectivity index (χ4v) is 3.97. The Bertz CT molecular complexity index is 1280.